The molecule has 3 amide bonds. The minimum Gasteiger partial charge on any atom is -0.444 e. The molecular weight excluding hydrogens is 707 g/mol. The molecular formula is C40H57N7O6S. The molecule has 13 nitrogen and oxygen atoms in total. The van der Waals surface area contributed by atoms with E-state index in [1.54, 1.807) is 11.3 Å². The van der Waals surface area contributed by atoms with E-state index in [-0.39, 0.29) is 42.8 Å². The summed E-state index contributed by atoms with van der Waals surface area (Å²) < 4.78 is 11.4. The van der Waals surface area contributed by atoms with Gasteiger partial charge in [0.05, 0.1) is 28.2 Å². The first kappa shape index (κ1) is 39.7. The van der Waals surface area contributed by atoms with E-state index in [2.05, 4.69) is 25.3 Å². The molecule has 0 saturated carbocycles. The van der Waals surface area contributed by atoms with Crippen molar-refractivity contribution in [1.29, 1.82) is 0 Å². The number of ether oxygens (including phenoxy) is 1. The van der Waals surface area contributed by atoms with Crippen LogP contribution in [0.25, 0.3) is 10.4 Å². The summed E-state index contributed by atoms with van der Waals surface area (Å²) in [7, 11) is 0. The molecule has 14 heteroatoms. The number of aliphatic hydroxyl groups is 1. The third-order valence-corrected chi connectivity index (χ3v) is 11.9. The maximum atomic E-state index is 14.2. The Hall–Kier alpha value is -4.01. The van der Waals surface area contributed by atoms with Gasteiger partial charge in [-0.05, 0) is 70.4 Å². The average molecular weight is 764 g/mol. The van der Waals surface area contributed by atoms with Crippen molar-refractivity contribution in [2.24, 2.45) is 11.8 Å². The van der Waals surface area contributed by atoms with Gasteiger partial charge in [0.15, 0.2) is 11.6 Å². The van der Waals surface area contributed by atoms with Crippen LogP contribution in [0, 0.1) is 18.8 Å². The maximum Gasteiger partial charge on any atom is 0.410 e. The van der Waals surface area contributed by atoms with Gasteiger partial charge in [-0.3, -0.25) is 14.5 Å². The van der Waals surface area contributed by atoms with E-state index >= 15 is 0 Å². The van der Waals surface area contributed by atoms with Crippen LogP contribution in [0.2, 0.25) is 0 Å². The molecule has 1 aromatic carbocycles. The number of likely N-dealkylation sites (tertiary alicyclic amines) is 2. The Kier molecular flexibility index (Phi) is 12.3. The van der Waals surface area contributed by atoms with Gasteiger partial charge in [-0.25, -0.2) is 9.78 Å². The molecule has 0 aliphatic carbocycles. The molecule has 5 heterocycles. The molecule has 3 aliphatic rings. The Morgan fingerprint density at radius 2 is 1.72 bits per heavy atom. The Morgan fingerprint density at radius 1 is 1.04 bits per heavy atom. The molecule has 0 spiro atoms. The summed E-state index contributed by atoms with van der Waals surface area (Å²) in [6.45, 7) is 19.4. The molecule has 2 N–H and O–H groups in total. The number of amides is 3. The van der Waals surface area contributed by atoms with Gasteiger partial charge >= 0.3 is 6.09 Å². The lowest BCUT2D eigenvalue weighted by Crippen LogP contribution is -2.49. The van der Waals surface area contributed by atoms with E-state index < -0.39 is 23.7 Å². The lowest BCUT2D eigenvalue weighted by atomic mass is 9.91. The second kappa shape index (κ2) is 16.8. The fourth-order valence-corrected chi connectivity index (χ4v) is 8.65. The molecule has 2 unspecified atom stereocenters. The van der Waals surface area contributed by atoms with Crippen LogP contribution in [0.15, 0.2) is 40.4 Å². The van der Waals surface area contributed by atoms with Gasteiger partial charge in [0.1, 0.15) is 17.6 Å². The van der Waals surface area contributed by atoms with Gasteiger partial charge in [0, 0.05) is 64.8 Å². The number of benzene rings is 1. The van der Waals surface area contributed by atoms with E-state index in [1.807, 2.05) is 89.2 Å². The van der Waals surface area contributed by atoms with Crippen LogP contribution in [0.3, 0.4) is 0 Å². The van der Waals surface area contributed by atoms with Crippen LogP contribution < -0.4 is 10.2 Å². The number of hydrogen-bond donors (Lipinski definition) is 2. The molecule has 0 radical (unpaired) electrons. The van der Waals surface area contributed by atoms with E-state index in [0.717, 1.165) is 80.4 Å². The molecule has 3 fully saturated rings. The Labute approximate surface area is 323 Å². The number of rotatable bonds is 10. The van der Waals surface area contributed by atoms with Crippen LogP contribution in [0.4, 0.5) is 10.6 Å². The van der Waals surface area contributed by atoms with Crippen LogP contribution in [-0.4, -0.2) is 118 Å². The van der Waals surface area contributed by atoms with Gasteiger partial charge in [0.2, 0.25) is 11.8 Å². The predicted molar refractivity (Wildman–Crippen MR) is 208 cm³/mol. The van der Waals surface area contributed by atoms with Gasteiger partial charge in [-0.1, -0.05) is 43.3 Å². The first-order valence-electron chi connectivity index (χ1n) is 19.4. The largest absolute Gasteiger partial charge is 0.444 e. The number of piperidine rings is 1. The molecule has 54 heavy (non-hydrogen) atoms. The van der Waals surface area contributed by atoms with Crippen LogP contribution in [-0.2, 0) is 14.3 Å². The highest BCUT2D eigenvalue weighted by Crippen LogP contribution is 2.34. The van der Waals surface area contributed by atoms with Crippen molar-refractivity contribution in [3.8, 4) is 10.4 Å². The number of anilines is 1. The number of hydrogen-bond acceptors (Lipinski definition) is 11. The van der Waals surface area contributed by atoms with Crippen molar-refractivity contribution < 1.29 is 28.8 Å². The third kappa shape index (κ3) is 9.43. The second-order valence-electron chi connectivity index (χ2n) is 16.5. The molecule has 3 saturated heterocycles. The van der Waals surface area contributed by atoms with Crippen molar-refractivity contribution in [3.05, 3.63) is 52.9 Å². The second-order valence-corrected chi connectivity index (χ2v) is 17.4. The zero-order valence-corrected chi connectivity index (χ0v) is 33.6. The van der Waals surface area contributed by atoms with Gasteiger partial charge in [-0.2, -0.15) is 0 Å². The monoisotopic (exact) mass is 763 g/mol. The lowest BCUT2D eigenvalue weighted by molar-refractivity contribution is -0.141. The first-order chi connectivity index (χ1) is 25.7. The Balaban J connectivity index is 1.02. The Morgan fingerprint density at radius 3 is 2.33 bits per heavy atom. The van der Waals surface area contributed by atoms with Crippen LogP contribution in [0.1, 0.15) is 89.8 Å². The zero-order valence-electron chi connectivity index (χ0n) is 32.8. The van der Waals surface area contributed by atoms with E-state index in [4.69, 9.17) is 9.26 Å². The minimum atomic E-state index is -0.797. The highest BCUT2D eigenvalue weighted by Gasteiger charge is 2.43. The number of aromatic nitrogens is 2. The van der Waals surface area contributed by atoms with E-state index in [0.29, 0.717) is 17.5 Å². The summed E-state index contributed by atoms with van der Waals surface area (Å²) in [5.41, 5.74) is 4.36. The average Bonchev–Trinajstić information content (AvgIpc) is 3.88. The molecule has 3 aromatic rings. The topological polar surface area (TPSA) is 145 Å². The van der Waals surface area contributed by atoms with Crippen molar-refractivity contribution in [1.82, 2.24) is 30.2 Å². The SMILES string of the molecule is Cc1ncsc1-c1ccc(C(C)NC(=O)[C@@H]2C[C@@H](O)CN2C(=O)C(c2cc(N3CCN(CC4CCN(C(=O)OC(C)(C)C)CC4)CC3)no2)C(C)C)cc1. The molecule has 2 aromatic heterocycles. The molecule has 294 valence electrons. The Bertz CT molecular complexity index is 1740. The molecule has 3 aliphatic heterocycles. The van der Waals surface area contributed by atoms with Crippen molar-refractivity contribution >= 4 is 35.1 Å². The number of nitrogens with zero attached hydrogens (tertiary/aromatic N) is 6. The van der Waals surface area contributed by atoms with E-state index in [1.165, 1.54) is 4.90 Å². The highest BCUT2D eigenvalue weighted by atomic mass is 32.1. The summed E-state index contributed by atoms with van der Waals surface area (Å²) in [5, 5.41) is 18.2. The zero-order chi connectivity index (χ0) is 38.7. The van der Waals surface area contributed by atoms with Crippen molar-refractivity contribution in [3.63, 3.8) is 0 Å². The number of aliphatic hydroxyl groups excluding tert-OH is 1. The standard InChI is InChI=1S/C40H57N7O6S/c1-25(2)35(33-21-34(43-53-33)45-18-16-44(17-19-45)22-28-12-14-46(15-13-28)39(51)52-40(5,6)7)38(50)47-23-31(48)20-32(47)37(49)42-26(3)29-8-10-30(11-9-29)36-27(4)41-24-54-36/h8-11,21,24-26,28,31-32,35,48H,12-20,22-23H2,1-7H3,(H,42,49)/t26?,31-,32+,35?/m1/s1. The number of β-amino-alcohol motifs (C(OH)–C–C–N with tert-alkyl or cyclic N) is 1. The van der Waals surface area contributed by atoms with Crippen molar-refractivity contribution in [2.45, 2.75) is 97.4 Å². The van der Waals surface area contributed by atoms with Crippen LogP contribution in [0.5, 0.6) is 0 Å². The van der Waals surface area contributed by atoms with Gasteiger partial charge in [-0.15, -0.1) is 11.3 Å². The number of carbonyl (C=O) groups is 3. The molecule has 4 atom stereocenters. The minimum absolute atomic E-state index is 0.0837. The van der Waals surface area contributed by atoms with E-state index in [9.17, 15) is 19.5 Å². The van der Waals surface area contributed by atoms with Crippen LogP contribution >= 0.6 is 11.3 Å². The third-order valence-electron chi connectivity index (χ3n) is 10.9. The normalized spacial score (nSPS) is 21.4. The fraction of sp³-hybridized carbons (Fsp3) is 0.625. The number of nitrogens with one attached hydrogen (secondary N) is 1. The first-order valence-corrected chi connectivity index (χ1v) is 20.3. The van der Waals surface area contributed by atoms with Crippen molar-refractivity contribution in [2.75, 3.05) is 57.3 Å². The smallest absolute Gasteiger partial charge is 0.410 e. The summed E-state index contributed by atoms with van der Waals surface area (Å²) in [5.74, 6) is 0.392. The number of piperazine rings is 1. The highest BCUT2D eigenvalue weighted by molar-refractivity contribution is 7.13. The summed E-state index contributed by atoms with van der Waals surface area (Å²) in [6, 6.07) is 8.85. The lowest BCUT2D eigenvalue weighted by Gasteiger charge is -2.39. The number of thiazole rings is 1. The summed E-state index contributed by atoms with van der Waals surface area (Å²) in [4.78, 5) is 53.8. The maximum absolute atomic E-state index is 14.2. The fourth-order valence-electron chi connectivity index (χ4n) is 7.84. The van der Waals surface area contributed by atoms with Gasteiger partial charge in [0.25, 0.3) is 0 Å². The van der Waals surface area contributed by atoms with Gasteiger partial charge < -0.3 is 34.4 Å². The number of carbonyl (C=O) groups excluding carboxylic acids is 3. The summed E-state index contributed by atoms with van der Waals surface area (Å²) >= 11 is 1.60. The quantitative estimate of drug-likeness (QED) is 0.274. The molecule has 0 bridgehead atoms. The number of aryl methyl sites for hydroxylation is 1. The predicted octanol–water partition coefficient (Wildman–Crippen LogP) is 5.45. The molecule has 6 rings (SSSR count). The summed E-state index contributed by atoms with van der Waals surface area (Å²) in [6.07, 6.45) is 1.09.